The predicted octanol–water partition coefficient (Wildman–Crippen LogP) is 1.08. The molecule has 1 aliphatic rings. The van der Waals surface area contributed by atoms with Crippen LogP contribution in [0.4, 0.5) is 5.69 Å². The van der Waals surface area contributed by atoms with Crippen LogP contribution >= 0.6 is 11.6 Å². The van der Waals surface area contributed by atoms with Gasteiger partial charge in [-0.2, -0.15) is 0 Å². The summed E-state index contributed by atoms with van der Waals surface area (Å²) in [5, 5.41) is 5.19. The molecule has 0 fully saturated rings. The number of esters is 1. The molecule has 0 bridgehead atoms. The monoisotopic (exact) mass is 280 g/mol. The molecule has 98 valence electrons. The number of nitrogens with one attached hydrogen (secondary N) is 2. The maximum atomic E-state index is 11.8. The number of hydrogen-bond donors (Lipinski definition) is 2. The number of carbonyl (C=O) groups excluding carboxylic acids is 3. The molecule has 0 radical (unpaired) electrons. The van der Waals surface area contributed by atoms with E-state index in [0.29, 0.717) is 10.7 Å². The van der Waals surface area contributed by atoms with Gasteiger partial charge in [0, 0.05) is 5.02 Å². The van der Waals surface area contributed by atoms with Gasteiger partial charge in [0.15, 0.2) is 0 Å². The number of rotatable bonds is 1. The van der Waals surface area contributed by atoms with E-state index in [2.05, 4.69) is 15.4 Å². The van der Waals surface area contributed by atoms with Crippen molar-refractivity contribution < 1.29 is 19.1 Å². The first-order chi connectivity index (χ1) is 9.01. The zero-order valence-corrected chi connectivity index (χ0v) is 10.6. The lowest BCUT2D eigenvalue weighted by molar-refractivity contribution is -0.135. The summed E-state index contributed by atoms with van der Waals surface area (Å²) in [5.41, 5.74) is 0.512. The summed E-state index contributed by atoms with van der Waals surface area (Å²) in [6.07, 6.45) is 0.965. The molecule has 0 unspecified atom stereocenters. The Labute approximate surface area is 113 Å². The van der Waals surface area contributed by atoms with Crippen LogP contribution in [0.2, 0.25) is 5.02 Å². The molecule has 2 amide bonds. The third-order valence-corrected chi connectivity index (χ3v) is 2.67. The van der Waals surface area contributed by atoms with Crippen molar-refractivity contribution in [3.05, 3.63) is 40.6 Å². The Morgan fingerprint density at radius 2 is 2.00 bits per heavy atom. The molecule has 1 aliphatic heterocycles. The van der Waals surface area contributed by atoms with E-state index in [1.807, 2.05) is 0 Å². The zero-order valence-electron chi connectivity index (χ0n) is 9.82. The highest BCUT2D eigenvalue weighted by Gasteiger charge is 2.24. The minimum atomic E-state index is -0.720. The Morgan fingerprint density at radius 3 is 2.68 bits per heavy atom. The number of anilines is 1. The van der Waals surface area contributed by atoms with E-state index in [-0.39, 0.29) is 11.3 Å². The van der Waals surface area contributed by atoms with Crippen LogP contribution in [0.5, 0.6) is 0 Å². The minimum Gasteiger partial charge on any atom is -0.466 e. The molecule has 0 spiro atoms. The highest BCUT2D eigenvalue weighted by Crippen LogP contribution is 2.24. The fraction of sp³-hybridized carbons (Fsp3) is 0.0833. The lowest BCUT2D eigenvalue weighted by Crippen LogP contribution is -2.30. The maximum absolute atomic E-state index is 11.8. The van der Waals surface area contributed by atoms with E-state index >= 15 is 0 Å². The molecule has 0 saturated carbocycles. The summed E-state index contributed by atoms with van der Waals surface area (Å²) in [6, 6.07) is 4.53. The van der Waals surface area contributed by atoms with E-state index in [0.717, 1.165) is 6.08 Å². The molecule has 0 saturated heterocycles. The summed E-state index contributed by atoms with van der Waals surface area (Å²) in [7, 11) is 1.19. The van der Waals surface area contributed by atoms with Crippen LogP contribution in [0.25, 0.3) is 0 Å². The van der Waals surface area contributed by atoms with Crippen molar-refractivity contribution in [3.63, 3.8) is 0 Å². The average Bonchev–Trinajstić information content (AvgIpc) is 2.48. The van der Waals surface area contributed by atoms with Gasteiger partial charge in [-0.3, -0.25) is 14.9 Å². The van der Waals surface area contributed by atoms with Gasteiger partial charge in [-0.1, -0.05) is 11.6 Å². The zero-order chi connectivity index (χ0) is 14.0. The molecule has 19 heavy (non-hydrogen) atoms. The van der Waals surface area contributed by atoms with Crippen molar-refractivity contribution in [1.29, 1.82) is 0 Å². The van der Waals surface area contributed by atoms with Crippen molar-refractivity contribution in [2.24, 2.45) is 0 Å². The Hall–Kier alpha value is -2.34. The lowest BCUT2D eigenvalue weighted by atomic mass is 10.1. The molecule has 0 aromatic heterocycles. The molecule has 1 aromatic rings. The van der Waals surface area contributed by atoms with Crippen LogP contribution in [0, 0.1) is 0 Å². The number of hydrogen-bond acceptors (Lipinski definition) is 5. The highest BCUT2D eigenvalue weighted by molar-refractivity contribution is 6.31. The van der Waals surface area contributed by atoms with E-state index in [9.17, 15) is 14.4 Å². The number of ether oxygens (including phenoxy) is 1. The normalized spacial score (nSPS) is 16.2. The van der Waals surface area contributed by atoms with Crippen LogP contribution in [0.15, 0.2) is 30.0 Å². The maximum Gasteiger partial charge on any atom is 0.332 e. The molecule has 0 atom stereocenters. The quantitative estimate of drug-likeness (QED) is 0.457. The number of fused-ring (bicyclic) bond motifs is 1. The van der Waals surface area contributed by atoms with Crippen molar-refractivity contribution in [2.45, 2.75) is 0 Å². The molecule has 0 aliphatic carbocycles. The molecular formula is C12H9ClN2O4. The largest absolute Gasteiger partial charge is 0.466 e. The first kappa shape index (κ1) is 13.1. The van der Waals surface area contributed by atoms with Crippen molar-refractivity contribution in [1.82, 2.24) is 5.32 Å². The van der Waals surface area contributed by atoms with Crippen LogP contribution in [0.3, 0.4) is 0 Å². The predicted molar refractivity (Wildman–Crippen MR) is 67.6 cm³/mol. The van der Waals surface area contributed by atoms with Crippen LogP contribution in [-0.4, -0.2) is 24.9 Å². The number of imide groups is 1. The summed E-state index contributed by atoms with van der Waals surface area (Å²) < 4.78 is 4.43. The average molecular weight is 281 g/mol. The number of amides is 2. The second-order valence-electron chi connectivity index (χ2n) is 3.68. The summed E-state index contributed by atoms with van der Waals surface area (Å²) >= 11 is 5.79. The van der Waals surface area contributed by atoms with Gasteiger partial charge in [-0.15, -0.1) is 0 Å². The van der Waals surface area contributed by atoms with E-state index in [1.165, 1.54) is 13.2 Å². The molecule has 2 rings (SSSR count). The number of benzene rings is 1. The lowest BCUT2D eigenvalue weighted by Gasteiger charge is -2.06. The standard InChI is InChI=1S/C12H9ClN2O4/c1-19-10(16)5-9-12(18)15-11(17)7-4-6(13)2-3-8(7)14-9/h2-5,14H,1H3,(H,15,17,18)/b9-5+. The van der Waals surface area contributed by atoms with Gasteiger partial charge in [0.1, 0.15) is 5.70 Å². The second-order valence-corrected chi connectivity index (χ2v) is 4.12. The van der Waals surface area contributed by atoms with Crippen molar-refractivity contribution in [3.8, 4) is 0 Å². The Kier molecular flexibility index (Phi) is 3.52. The third kappa shape index (κ3) is 2.74. The smallest absolute Gasteiger partial charge is 0.332 e. The number of halogens is 1. The molecule has 6 nitrogen and oxygen atoms in total. The summed E-state index contributed by atoms with van der Waals surface area (Å²) in [6.45, 7) is 0. The molecule has 1 aromatic carbocycles. The van der Waals surface area contributed by atoms with Gasteiger partial charge in [0.05, 0.1) is 24.4 Å². The Morgan fingerprint density at radius 1 is 1.26 bits per heavy atom. The molecule has 2 N–H and O–H groups in total. The Balaban J connectivity index is 2.46. The Bertz CT molecular complexity index is 610. The van der Waals surface area contributed by atoms with Crippen molar-refractivity contribution >= 4 is 35.1 Å². The van der Waals surface area contributed by atoms with E-state index < -0.39 is 17.8 Å². The van der Waals surface area contributed by atoms with Gasteiger partial charge in [-0.25, -0.2) is 4.79 Å². The molecule has 1 heterocycles. The number of carbonyl (C=O) groups is 3. The highest BCUT2D eigenvalue weighted by atomic mass is 35.5. The van der Waals surface area contributed by atoms with Crippen LogP contribution in [-0.2, 0) is 14.3 Å². The second kappa shape index (κ2) is 5.11. The minimum absolute atomic E-state index is 0.0822. The fourth-order valence-electron chi connectivity index (χ4n) is 1.53. The fourth-order valence-corrected chi connectivity index (χ4v) is 1.70. The van der Waals surface area contributed by atoms with E-state index in [1.54, 1.807) is 12.1 Å². The van der Waals surface area contributed by atoms with Crippen molar-refractivity contribution in [2.75, 3.05) is 12.4 Å². The van der Waals surface area contributed by atoms with Gasteiger partial charge >= 0.3 is 5.97 Å². The summed E-state index contributed by atoms with van der Waals surface area (Å²) in [4.78, 5) is 34.7. The van der Waals surface area contributed by atoms with Gasteiger partial charge < -0.3 is 10.1 Å². The van der Waals surface area contributed by atoms with Crippen LogP contribution < -0.4 is 10.6 Å². The third-order valence-electron chi connectivity index (χ3n) is 2.43. The van der Waals surface area contributed by atoms with E-state index in [4.69, 9.17) is 11.6 Å². The first-order valence-electron chi connectivity index (χ1n) is 5.23. The molecule has 7 heteroatoms. The van der Waals surface area contributed by atoms with Gasteiger partial charge in [0.25, 0.3) is 11.8 Å². The molecular weight excluding hydrogens is 272 g/mol. The van der Waals surface area contributed by atoms with Crippen LogP contribution in [0.1, 0.15) is 10.4 Å². The number of methoxy groups -OCH3 is 1. The van der Waals surface area contributed by atoms with Gasteiger partial charge in [0.2, 0.25) is 0 Å². The topological polar surface area (TPSA) is 84.5 Å². The SMILES string of the molecule is COC(=O)/C=C1/Nc2ccc(Cl)cc2C(=O)NC1=O. The van der Waals surface area contributed by atoms with Gasteiger partial charge in [-0.05, 0) is 18.2 Å². The summed E-state index contributed by atoms with van der Waals surface area (Å²) in [5.74, 6) is -2.02. The first-order valence-corrected chi connectivity index (χ1v) is 5.61.